The minimum Gasteiger partial charge on any atom is -0.475 e. The van der Waals surface area contributed by atoms with E-state index in [-0.39, 0.29) is 5.91 Å². The van der Waals surface area contributed by atoms with Gasteiger partial charge in [-0.1, -0.05) is 26.0 Å². The summed E-state index contributed by atoms with van der Waals surface area (Å²) in [6.45, 7) is 9.54. The quantitative estimate of drug-likeness (QED) is 0.531. The number of pyridine rings is 2. The average molecular weight is 566 g/mol. The molecule has 0 aliphatic carbocycles. The van der Waals surface area contributed by atoms with Gasteiger partial charge in [0.25, 0.3) is 0 Å². The molecule has 0 saturated heterocycles. The Balaban J connectivity index is 0.000000449. The summed E-state index contributed by atoms with van der Waals surface area (Å²) in [4.78, 5) is 43.9. The molecule has 2 aromatic heterocycles. The lowest BCUT2D eigenvalue weighted by atomic mass is 10.1. The number of nitrogens with zero attached hydrogens (tertiary/aromatic N) is 4. The van der Waals surface area contributed by atoms with Gasteiger partial charge < -0.3 is 20.0 Å². The number of carbonyl (C=O) groups is 3. The highest BCUT2D eigenvalue weighted by molar-refractivity contribution is 5.79. The van der Waals surface area contributed by atoms with Crippen molar-refractivity contribution in [1.29, 1.82) is 0 Å². The zero-order valence-corrected chi connectivity index (χ0v) is 21.3. The lowest BCUT2D eigenvalue weighted by Gasteiger charge is -2.25. The number of rotatable bonds is 4. The second-order valence-electron chi connectivity index (χ2n) is 8.69. The molecule has 2 N–H and O–H groups in total. The van der Waals surface area contributed by atoms with Crippen LogP contribution in [0.25, 0.3) is 0 Å². The molecule has 3 rings (SSSR count). The Morgan fingerprint density at radius 3 is 1.97 bits per heavy atom. The molecular formula is C24H28F6N4O5. The maximum absolute atomic E-state index is 12.8. The number of halogens is 6. The standard InChI is InChI=1S/C20H26N4O.2C2HF3O2/c1-15(2)13-24-11-10-23(14-17-8-7-16(3)22-20(17)24)19(25)12-18-6-4-5-9-21-18;2*3-2(4,5)1(6)7/h4-9,15H,10-14H2,1-3H3;2*(H,6,7). The zero-order chi connectivity index (χ0) is 30.0. The molecule has 0 radical (unpaired) electrons. The Morgan fingerprint density at radius 1 is 0.949 bits per heavy atom. The van der Waals surface area contributed by atoms with Crippen molar-refractivity contribution in [3.05, 3.63) is 53.5 Å². The van der Waals surface area contributed by atoms with Crippen LogP contribution in [0.3, 0.4) is 0 Å². The Kier molecular flexibility index (Phi) is 12.1. The topological polar surface area (TPSA) is 124 Å². The van der Waals surface area contributed by atoms with E-state index >= 15 is 0 Å². The van der Waals surface area contributed by atoms with Crippen LogP contribution in [0, 0.1) is 12.8 Å². The third-order valence-electron chi connectivity index (χ3n) is 4.88. The third kappa shape index (κ3) is 12.0. The van der Waals surface area contributed by atoms with E-state index < -0.39 is 24.3 Å². The van der Waals surface area contributed by atoms with Crippen molar-refractivity contribution in [3.8, 4) is 0 Å². The smallest absolute Gasteiger partial charge is 0.475 e. The molecule has 0 atom stereocenters. The van der Waals surface area contributed by atoms with E-state index in [0.717, 1.165) is 35.9 Å². The number of alkyl halides is 6. The molecule has 1 aliphatic heterocycles. The molecule has 0 saturated carbocycles. The first-order chi connectivity index (χ1) is 17.9. The Hall–Kier alpha value is -3.91. The molecule has 0 bridgehead atoms. The Morgan fingerprint density at radius 2 is 1.51 bits per heavy atom. The van der Waals surface area contributed by atoms with Crippen molar-refractivity contribution in [1.82, 2.24) is 14.9 Å². The predicted molar refractivity (Wildman–Crippen MR) is 127 cm³/mol. The summed E-state index contributed by atoms with van der Waals surface area (Å²) < 4.78 is 63.5. The van der Waals surface area contributed by atoms with Gasteiger partial charge in [-0.3, -0.25) is 9.78 Å². The normalized spacial score (nSPS) is 13.3. The van der Waals surface area contributed by atoms with Crippen molar-refractivity contribution < 1.29 is 50.9 Å². The van der Waals surface area contributed by atoms with Crippen molar-refractivity contribution in [2.75, 3.05) is 24.5 Å². The molecule has 39 heavy (non-hydrogen) atoms. The molecule has 9 nitrogen and oxygen atoms in total. The van der Waals surface area contributed by atoms with Gasteiger partial charge in [0.15, 0.2) is 0 Å². The van der Waals surface area contributed by atoms with Crippen molar-refractivity contribution in [3.63, 3.8) is 0 Å². The minimum atomic E-state index is -5.08. The highest BCUT2D eigenvalue weighted by Gasteiger charge is 2.38. The number of hydrogen-bond donors (Lipinski definition) is 2. The second-order valence-corrected chi connectivity index (χ2v) is 8.69. The van der Waals surface area contributed by atoms with Crippen molar-refractivity contribution in [2.45, 2.75) is 46.1 Å². The number of carboxylic acid groups (broad SMARTS) is 2. The predicted octanol–water partition coefficient (Wildman–Crippen LogP) is 4.10. The van der Waals surface area contributed by atoms with Gasteiger partial charge >= 0.3 is 24.3 Å². The van der Waals surface area contributed by atoms with Gasteiger partial charge in [-0.15, -0.1) is 0 Å². The largest absolute Gasteiger partial charge is 0.490 e. The van der Waals surface area contributed by atoms with Gasteiger partial charge in [0.05, 0.1) is 6.42 Å². The molecule has 1 amide bonds. The molecular weight excluding hydrogens is 538 g/mol. The fourth-order valence-corrected chi connectivity index (χ4v) is 3.20. The summed E-state index contributed by atoms with van der Waals surface area (Å²) >= 11 is 0. The monoisotopic (exact) mass is 566 g/mol. The lowest BCUT2D eigenvalue weighted by molar-refractivity contribution is -0.193. The lowest BCUT2D eigenvalue weighted by Crippen LogP contribution is -2.37. The first kappa shape index (κ1) is 33.1. The molecule has 216 valence electrons. The van der Waals surface area contributed by atoms with Gasteiger partial charge in [-0.05, 0) is 31.0 Å². The number of carbonyl (C=O) groups excluding carboxylic acids is 1. The van der Waals surface area contributed by atoms with Gasteiger partial charge in [-0.25, -0.2) is 14.6 Å². The Labute approximate surface area is 220 Å². The van der Waals surface area contributed by atoms with Crippen LogP contribution < -0.4 is 4.90 Å². The number of carboxylic acids is 2. The maximum Gasteiger partial charge on any atom is 0.490 e. The van der Waals surface area contributed by atoms with E-state index in [1.807, 2.05) is 36.1 Å². The molecule has 0 fully saturated rings. The van der Waals surface area contributed by atoms with E-state index in [1.165, 1.54) is 0 Å². The number of aryl methyl sites for hydroxylation is 1. The number of fused-ring (bicyclic) bond motifs is 1. The van der Waals surface area contributed by atoms with Gasteiger partial charge in [0, 0.05) is 49.3 Å². The highest BCUT2D eigenvalue weighted by atomic mass is 19.4. The van der Waals surface area contributed by atoms with Crippen LogP contribution in [-0.4, -0.2) is 74.9 Å². The van der Waals surface area contributed by atoms with E-state index in [4.69, 9.17) is 24.8 Å². The average Bonchev–Trinajstić information content (AvgIpc) is 2.98. The number of hydrogen-bond acceptors (Lipinski definition) is 6. The Bertz CT molecular complexity index is 1090. The molecule has 15 heteroatoms. The first-order valence-electron chi connectivity index (χ1n) is 11.4. The summed E-state index contributed by atoms with van der Waals surface area (Å²) in [6.07, 6.45) is -8.09. The van der Waals surface area contributed by atoms with Gasteiger partial charge in [0.1, 0.15) is 5.82 Å². The molecule has 0 spiro atoms. The third-order valence-corrected chi connectivity index (χ3v) is 4.88. The summed E-state index contributed by atoms with van der Waals surface area (Å²) in [5.41, 5.74) is 2.96. The van der Waals surface area contributed by atoms with E-state index in [0.29, 0.717) is 25.4 Å². The molecule has 0 unspecified atom stereocenters. The summed E-state index contributed by atoms with van der Waals surface area (Å²) in [5, 5.41) is 14.2. The summed E-state index contributed by atoms with van der Waals surface area (Å²) in [7, 11) is 0. The van der Waals surface area contributed by atoms with Crippen LogP contribution in [0.5, 0.6) is 0 Å². The summed E-state index contributed by atoms with van der Waals surface area (Å²) in [6, 6.07) is 9.83. The molecule has 3 heterocycles. The number of aliphatic carboxylic acids is 2. The van der Waals surface area contributed by atoms with Crippen LogP contribution in [0.2, 0.25) is 0 Å². The summed E-state index contributed by atoms with van der Waals surface area (Å²) in [5.74, 6) is -3.82. The van der Waals surface area contributed by atoms with Crippen LogP contribution in [0.1, 0.15) is 30.8 Å². The van der Waals surface area contributed by atoms with Crippen LogP contribution >= 0.6 is 0 Å². The molecule has 1 aliphatic rings. The highest BCUT2D eigenvalue weighted by Crippen LogP contribution is 2.25. The van der Waals surface area contributed by atoms with E-state index in [2.05, 4.69) is 29.8 Å². The minimum absolute atomic E-state index is 0.122. The van der Waals surface area contributed by atoms with Crippen LogP contribution in [0.4, 0.5) is 32.2 Å². The zero-order valence-electron chi connectivity index (χ0n) is 21.3. The SMILES string of the molecule is Cc1ccc2c(n1)N(CC(C)C)CCN(C(=O)Cc1ccccn1)C2.O=C(O)C(F)(F)F.O=C(O)C(F)(F)F. The van der Waals surface area contributed by atoms with E-state index in [9.17, 15) is 31.1 Å². The molecule has 0 aromatic carbocycles. The fraction of sp³-hybridized carbons (Fsp3) is 0.458. The molecule has 2 aromatic rings. The fourth-order valence-electron chi connectivity index (χ4n) is 3.20. The van der Waals surface area contributed by atoms with Crippen LogP contribution in [0.15, 0.2) is 36.5 Å². The number of aromatic nitrogens is 2. The van der Waals surface area contributed by atoms with Gasteiger partial charge in [-0.2, -0.15) is 26.3 Å². The van der Waals surface area contributed by atoms with E-state index in [1.54, 1.807) is 6.20 Å². The van der Waals surface area contributed by atoms with Gasteiger partial charge in [0.2, 0.25) is 5.91 Å². The number of amides is 1. The maximum atomic E-state index is 12.8. The van der Waals surface area contributed by atoms with Crippen molar-refractivity contribution in [2.24, 2.45) is 5.92 Å². The second kappa shape index (κ2) is 14.3. The van der Waals surface area contributed by atoms with Crippen molar-refractivity contribution >= 4 is 23.7 Å². The van der Waals surface area contributed by atoms with Crippen LogP contribution in [-0.2, 0) is 27.3 Å². The first-order valence-corrected chi connectivity index (χ1v) is 11.4. The number of anilines is 1.